The number of rotatable bonds is 5. The molecule has 0 radical (unpaired) electrons. The van der Waals surface area contributed by atoms with Gasteiger partial charge in [-0.05, 0) is 0 Å². The van der Waals surface area contributed by atoms with E-state index in [9.17, 15) is 30.4 Å². The number of aryl methyl sites for hydroxylation is 1. The molecule has 0 saturated carbocycles. The van der Waals surface area contributed by atoms with Gasteiger partial charge in [-0.25, -0.2) is 0 Å². The van der Waals surface area contributed by atoms with Crippen molar-refractivity contribution in [3.8, 4) is 11.5 Å². The minimum atomic E-state index is -5.79. The Morgan fingerprint density at radius 2 is 1.66 bits per heavy atom. The van der Waals surface area contributed by atoms with Gasteiger partial charge in [0.15, 0.2) is 0 Å². The first-order valence-corrected chi connectivity index (χ1v) is 21.2. The number of imidazole rings is 1. The van der Waals surface area contributed by atoms with Gasteiger partial charge in [0.1, 0.15) is 0 Å². The van der Waals surface area contributed by atoms with Crippen LogP contribution in [0.3, 0.4) is 0 Å². The predicted molar refractivity (Wildman–Crippen MR) is 112 cm³/mol. The van der Waals surface area contributed by atoms with Gasteiger partial charge in [0.25, 0.3) is 0 Å². The number of sulfone groups is 1. The number of aromatic nitrogens is 4. The van der Waals surface area contributed by atoms with Crippen molar-refractivity contribution in [3.05, 3.63) is 30.1 Å². The zero-order valence-corrected chi connectivity index (χ0v) is 21.6. The maximum atomic E-state index is 13.8. The quantitative estimate of drug-likeness (QED) is 0.335. The number of hydrogen-bond donors (Lipinski definition) is 0. The van der Waals surface area contributed by atoms with Crippen LogP contribution in [0.4, 0.5) is 22.0 Å². The maximum absolute atomic E-state index is 13.8. The van der Waals surface area contributed by atoms with Gasteiger partial charge in [-0.2, -0.15) is 0 Å². The number of halogens is 5. The summed E-state index contributed by atoms with van der Waals surface area (Å²) >= 11 is -2.71. The molecule has 0 saturated heterocycles. The molecule has 13 heteroatoms. The van der Waals surface area contributed by atoms with Crippen LogP contribution in [0.1, 0.15) is 12.5 Å². The van der Waals surface area contributed by atoms with E-state index in [2.05, 4.69) is 29.8 Å². The van der Waals surface area contributed by atoms with E-state index in [1.165, 1.54) is 18.5 Å². The Balaban J connectivity index is 2.28. The normalized spacial score (nSPS) is 13.7. The van der Waals surface area contributed by atoms with Crippen molar-refractivity contribution in [2.24, 2.45) is 7.05 Å². The molecule has 0 aliphatic carbocycles. The molecule has 174 valence electrons. The first-order chi connectivity index (χ1) is 14.5. The SMILES string of the molecule is CCS(=O)(=O)c1c[c]([Sn]([CH3])([CH3])[CH3])cnc1-c1nc2cc(C(F)(F)C(F)(F)F)cnc2n1C. The molecule has 0 aliphatic rings. The molecule has 0 aliphatic heterocycles. The first kappa shape index (κ1) is 24.8. The molecule has 0 aromatic carbocycles. The summed E-state index contributed by atoms with van der Waals surface area (Å²) in [4.78, 5) is 18.4. The Morgan fingerprint density at radius 3 is 2.19 bits per heavy atom. The predicted octanol–water partition coefficient (Wildman–Crippen LogP) is 4.02. The van der Waals surface area contributed by atoms with Gasteiger partial charge >= 0.3 is 186 Å². The fraction of sp³-hybridized carbons (Fsp3) is 0.421. The van der Waals surface area contributed by atoms with Gasteiger partial charge in [-0.15, -0.1) is 0 Å². The molecular formula is C19H21F5N4O2SSn. The molecule has 3 rings (SSSR count). The van der Waals surface area contributed by atoms with Crippen LogP contribution in [-0.2, 0) is 22.8 Å². The van der Waals surface area contributed by atoms with Gasteiger partial charge in [-0.1, -0.05) is 0 Å². The van der Waals surface area contributed by atoms with E-state index in [1.54, 1.807) is 12.3 Å². The molecule has 3 aromatic heterocycles. The Kier molecular flexibility index (Phi) is 6.11. The van der Waals surface area contributed by atoms with Gasteiger partial charge in [-0.3, -0.25) is 0 Å². The molecule has 0 unspecified atom stereocenters. The summed E-state index contributed by atoms with van der Waals surface area (Å²) in [5.41, 5.74) is -1.57. The number of nitrogens with zero attached hydrogens (tertiary/aromatic N) is 4. The third-order valence-electron chi connectivity index (χ3n) is 5.07. The van der Waals surface area contributed by atoms with Gasteiger partial charge < -0.3 is 0 Å². The molecule has 0 bridgehead atoms. The summed E-state index contributed by atoms with van der Waals surface area (Å²) in [5, 5.41) is 0. The van der Waals surface area contributed by atoms with E-state index in [0.717, 1.165) is 3.58 Å². The molecule has 0 fully saturated rings. The third kappa shape index (κ3) is 4.22. The summed E-state index contributed by atoms with van der Waals surface area (Å²) in [6, 6.07) is 2.18. The monoisotopic (exact) mass is 584 g/mol. The standard InChI is InChI=1S/C16H12F5N4O2S.3CH3.Sn/c1-3-28(26,27)11-5-4-6-22-12(11)14-24-10-7-9(8-23-13(10)25(14)2)15(17,18)16(19,20)21;;;;/h5-8H,3H2,1-2H3;3*1H3;. The van der Waals surface area contributed by atoms with Gasteiger partial charge in [0, 0.05) is 0 Å². The minimum absolute atomic E-state index is 0.00246. The molecule has 3 heterocycles. The fourth-order valence-electron chi connectivity index (χ4n) is 3.04. The van der Waals surface area contributed by atoms with E-state index in [1.807, 2.05) is 0 Å². The molecule has 3 aromatic rings. The summed E-state index contributed by atoms with van der Waals surface area (Å²) in [6.45, 7) is 1.48. The Morgan fingerprint density at radius 1 is 1.03 bits per heavy atom. The number of fused-ring (bicyclic) bond motifs is 1. The molecule has 0 atom stereocenters. The zero-order valence-electron chi connectivity index (χ0n) is 17.9. The van der Waals surface area contributed by atoms with Crippen LogP contribution in [0.2, 0.25) is 14.8 Å². The average molecular weight is 583 g/mol. The molecule has 0 amide bonds. The van der Waals surface area contributed by atoms with E-state index in [0.29, 0.717) is 12.3 Å². The summed E-state index contributed by atoms with van der Waals surface area (Å²) in [5.74, 6) is -5.31. The van der Waals surface area contributed by atoms with Crippen LogP contribution < -0.4 is 3.58 Å². The van der Waals surface area contributed by atoms with Gasteiger partial charge in [0.05, 0.1) is 0 Å². The average Bonchev–Trinajstić information content (AvgIpc) is 3.02. The Hall–Kier alpha value is -1.83. The van der Waals surface area contributed by atoms with Crippen molar-refractivity contribution < 1.29 is 30.4 Å². The van der Waals surface area contributed by atoms with E-state index < -0.39 is 45.9 Å². The number of pyridine rings is 2. The van der Waals surface area contributed by atoms with E-state index in [-0.39, 0.29) is 33.3 Å². The molecule has 6 nitrogen and oxygen atoms in total. The Bertz CT molecular complexity index is 1300. The van der Waals surface area contributed by atoms with Crippen molar-refractivity contribution in [1.29, 1.82) is 0 Å². The number of hydrogen-bond acceptors (Lipinski definition) is 5. The third-order valence-corrected chi connectivity index (χ3v) is 12.5. The molecule has 0 spiro atoms. The summed E-state index contributed by atoms with van der Waals surface area (Å²) < 4.78 is 93.6. The van der Waals surface area contributed by atoms with Crippen molar-refractivity contribution >= 4 is 43.0 Å². The summed E-state index contributed by atoms with van der Waals surface area (Å²) in [7, 11) is -2.28. The fourth-order valence-corrected chi connectivity index (χ4v) is 7.33. The van der Waals surface area contributed by atoms with Crippen molar-refractivity contribution in [1.82, 2.24) is 19.5 Å². The van der Waals surface area contributed by atoms with Crippen LogP contribution in [0, 0.1) is 0 Å². The molecular weight excluding hydrogens is 562 g/mol. The van der Waals surface area contributed by atoms with Crippen LogP contribution in [0.5, 0.6) is 0 Å². The second-order valence-corrected chi connectivity index (χ2v) is 25.1. The van der Waals surface area contributed by atoms with Crippen molar-refractivity contribution in [2.75, 3.05) is 5.75 Å². The second kappa shape index (κ2) is 7.89. The van der Waals surface area contributed by atoms with Crippen LogP contribution in [-0.4, -0.2) is 58.2 Å². The first-order valence-electron chi connectivity index (χ1n) is 9.52. The van der Waals surface area contributed by atoms with Crippen molar-refractivity contribution in [2.45, 2.75) is 38.7 Å². The van der Waals surface area contributed by atoms with E-state index in [4.69, 9.17) is 0 Å². The number of alkyl halides is 5. The van der Waals surface area contributed by atoms with Gasteiger partial charge in [0.2, 0.25) is 0 Å². The van der Waals surface area contributed by atoms with E-state index >= 15 is 0 Å². The van der Waals surface area contributed by atoms with Crippen molar-refractivity contribution in [3.63, 3.8) is 0 Å². The topological polar surface area (TPSA) is 77.7 Å². The Labute approximate surface area is 185 Å². The second-order valence-electron chi connectivity index (χ2n) is 8.36. The zero-order chi connectivity index (χ0) is 24.3. The van der Waals surface area contributed by atoms with Crippen LogP contribution in [0.25, 0.3) is 22.7 Å². The van der Waals surface area contributed by atoms with Crippen LogP contribution in [0.15, 0.2) is 29.4 Å². The molecule has 32 heavy (non-hydrogen) atoms. The summed E-state index contributed by atoms with van der Waals surface area (Å²) in [6.07, 6.45) is -3.77. The van der Waals surface area contributed by atoms with Crippen LogP contribution >= 0.6 is 0 Å². The molecule has 0 N–H and O–H groups in total.